The van der Waals surface area contributed by atoms with Crippen LogP contribution in [-0.2, 0) is 4.74 Å². The van der Waals surface area contributed by atoms with Crippen LogP contribution in [0.25, 0.3) is 0 Å². The molecule has 0 saturated heterocycles. The molecule has 2 unspecified atom stereocenters. The highest BCUT2D eigenvalue weighted by Gasteiger charge is 2.04. The average Bonchev–Trinajstić information content (AvgIpc) is 2.15. The Morgan fingerprint density at radius 1 is 1.50 bits per heavy atom. The van der Waals surface area contributed by atoms with E-state index in [4.69, 9.17) is 4.74 Å². The predicted octanol–water partition coefficient (Wildman–Crippen LogP) is 1.33. The van der Waals surface area contributed by atoms with Gasteiger partial charge in [-0.1, -0.05) is 6.08 Å². The normalized spacial score (nSPS) is 15.1. The molecule has 2 N–H and O–H groups in total. The first-order chi connectivity index (χ1) is 6.70. The molecule has 2 atom stereocenters. The lowest BCUT2D eigenvalue weighted by Crippen LogP contribution is -2.30. The van der Waals surface area contributed by atoms with Crippen LogP contribution in [0.3, 0.4) is 0 Å². The minimum atomic E-state index is -0.348. The Hall–Kier alpha value is -0.380. The maximum absolute atomic E-state index is 9.36. The number of methoxy groups -OCH3 is 1. The smallest absolute Gasteiger partial charge is 0.0785 e. The van der Waals surface area contributed by atoms with E-state index in [0.717, 1.165) is 25.8 Å². The molecule has 0 saturated carbocycles. The van der Waals surface area contributed by atoms with Crippen LogP contribution in [0.15, 0.2) is 12.7 Å². The molecule has 0 radical (unpaired) electrons. The molecular weight excluding hydrogens is 178 g/mol. The van der Waals surface area contributed by atoms with Gasteiger partial charge in [0.05, 0.1) is 12.7 Å². The highest BCUT2D eigenvalue weighted by Crippen LogP contribution is 1.97. The molecule has 0 aliphatic heterocycles. The molecule has 0 rings (SSSR count). The molecule has 0 aromatic rings. The Morgan fingerprint density at radius 3 is 2.79 bits per heavy atom. The fourth-order valence-electron chi connectivity index (χ4n) is 1.24. The average molecular weight is 201 g/mol. The first-order valence-corrected chi connectivity index (χ1v) is 5.22. The van der Waals surface area contributed by atoms with Gasteiger partial charge < -0.3 is 15.2 Å². The summed E-state index contributed by atoms with van der Waals surface area (Å²) < 4.78 is 4.83. The second kappa shape index (κ2) is 9.19. The maximum Gasteiger partial charge on any atom is 0.0785 e. The summed E-state index contributed by atoms with van der Waals surface area (Å²) in [5.41, 5.74) is 0. The van der Waals surface area contributed by atoms with Crippen molar-refractivity contribution in [3.8, 4) is 0 Å². The second-order valence-electron chi connectivity index (χ2n) is 3.62. The van der Waals surface area contributed by atoms with Crippen LogP contribution in [0.4, 0.5) is 0 Å². The Balaban J connectivity index is 3.29. The maximum atomic E-state index is 9.36. The summed E-state index contributed by atoms with van der Waals surface area (Å²) in [4.78, 5) is 0. The van der Waals surface area contributed by atoms with Gasteiger partial charge in [0.2, 0.25) is 0 Å². The monoisotopic (exact) mass is 201 g/mol. The molecule has 0 bridgehead atoms. The van der Waals surface area contributed by atoms with E-state index in [1.165, 1.54) is 0 Å². The van der Waals surface area contributed by atoms with Gasteiger partial charge in [-0.05, 0) is 32.7 Å². The van der Waals surface area contributed by atoms with Crippen molar-refractivity contribution in [1.29, 1.82) is 0 Å². The van der Waals surface area contributed by atoms with Crippen molar-refractivity contribution >= 4 is 0 Å². The van der Waals surface area contributed by atoms with Gasteiger partial charge in [0.1, 0.15) is 0 Å². The van der Waals surface area contributed by atoms with E-state index in [1.54, 1.807) is 7.11 Å². The fourth-order valence-corrected chi connectivity index (χ4v) is 1.24. The van der Waals surface area contributed by atoms with Gasteiger partial charge >= 0.3 is 0 Å². The molecule has 0 heterocycles. The third-order valence-electron chi connectivity index (χ3n) is 2.13. The molecule has 0 aliphatic carbocycles. The largest absolute Gasteiger partial charge is 0.391 e. The summed E-state index contributed by atoms with van der Waals surface area (Å²) in [5.74, 6) is 0. The van der Waals surface area contributed by atoms with E-state index in [2.05, 4.69) is 18.8 Å². The number of hydrogen-bond donors (Lipinski definition) is 2. The molecule has 0 spiro atoms. The summed E-state index contributed by atoms with van der Waals surface area (Å²) in [5, 5.41) is 12.7. The molecule has 84 valence electrons. The van der Waals surface area contributed by atoms with Crippen LogP contribution in [0.5, 0.6) is 0 Å². The quantitative estimate of drug-likeness (QED) is 0.553. The van der Waals surface area contributed by atoms with Crippen molar-refractivity contribution < 1.29 is 9.84 Å². The molecule has 0 fully saturated rings. The van der Waals surface area contributed by atoms with Crippen LogP contribution >= 0.6 is 0 Å². The molecule has 0 amide bonds. The number of rotatable bonds is 9. The number of hydrogen-bond acceptors (Lipinski definition) is 3. The van der Waals surface area contributed by atoms with E-state index in [0.29, 0.717) is 12.6 Å². The summed E-state index contributed by atoms with van der Waals surface area (Å²) in [7, 11) is 1.60. The number of allylic oxidation sites excluding steroid dienone is 1. The highest BCUT2D eigenvalue weighted by molar-refractivity contribution is 4.71. The van der Waals surface area contributed by atoms with Crippen molar-refractivity contribution in [3.63, 3.8) is 0 Å². The zero-order valence-corrected chi connectivity index (χ0v) is 9.33. The first kappa shape index (κ1) is 13.6. The van der Waals surface area contributed by atoms with E-state index >= 15 is 0 Å². The summed E-state index contributed by atoms with van der Waals surface area (Å²) in [6.07, 6.45) is 4.46. The van der Waals surface area contributed by atoms with Gasteiger partial charge in [0, 0.05) is 13.2 Å². The summed E-state index contributed by atoms with van der Waals surface area (Å²) >= 11 is 0. The Bertz CT molecular complexity index is 139. The molecule has 14 heavy (non-hydrogen) atoms. The standard InChI is InChI=1S/C11H23NO2/c1-4-5-6-10(2)12-8-7-11(13)9-14-3/h4,10-13H,1,5-9H2,2-3H3. The van der Waals surface area contributed by atoms with Crippen molar-refractivity contribution in [2.45, 2.75) is 38.3 Å². The van der Waals surface area contributed by atoms with Gasteiger partial charge in [0.15, 0.2) is 0 Å². The van der Waals surface area contributed by atoms with Gasteiger partial charge in [-0.25, -0.2) is 0 Å². The van der Waals surface area contributed by atoms with Crippen LogP contribution < -0.4 is 5.32 Å². The van der Waals surface area contributed by atoms with Crippen molar-refractivity contribution in [1.82, 2.24) is 5.32 Å². The second-order valence-corrected chi connectivity index (χ2v) is 3.62. The van der Waals surface area contributed by atoms with E-state index in [9.17, 15) is 5.11 Å². The van der Waals surface area contributed by atoms with E-state index in [1.807, 2.05) is 6.08 Å². The zero-order chi connectivity index (χ0) is 10.8. The molecule has 3 heteroatoms. The topological polar surface area (TPSA) is 41.5 Å². The van der Waals surface area contributed by atoms with Crippen LogP contribution in [0.1, 0.15) is 26.2 Å². The third kappa shape index (κ3) is 8.23. The van der Waals surface area contributed by atoms with Crippen LogP contribution in [0.2, 0.25) is 0 Å². The van der Waals surface area contributed by atoms with Gasteiger partial charge in [-0.3, -0.25) is 0 Å². The fraction of sp³-hybridized carbons (Fsp3) is 0.818. The zero-order valence-electron chi connectivity index (χ0n) is 9.33. The lowest BCUT2D eigenvalue weighted by molar-refractivity contribution is 0.0590. The number of nitrogens with one attached hydrogen (secondary N) is 1. The molecule has 0 aliphatic rings. The molecular formula is C11H23NO2. The summed E-state index contributed by atoms with van der Waals surface area (Å²) in [6.45, 7) is 7.08. The van der Waals surface area contributed by atoms with Crippen LogP contribution in [0, 0.1) is 0 Å². The van der Waals surface area contributed by atoms with Crippen molar-refractivity contribution in [2.24, 2.45) is 0 Å². The van der Waals surface area contributed by atoms with E-state index in [-0.39, 0.29) is 6.10 Å². The lowest BCUT2D eigenvalue weighted by atomic mass is 10.1. The minimum Gasteiger partial charge on any atom is -0.391 e. The molecule has 0 aromatic heterocycles. The number of ether oxygens (including phenoxy) is 1. The van der Waals surface area contributed by atoms with Crippen LogP contribution in [-0.4, -0.2) is 37.5 Å². The van der Waals surface area contributed by atoms with Gasteiger partial charge in [-0.2, -0.15) is 0 Å². The van der Waals surface area contributed by atoms with Crippen molar-refractivity contribution in [2.75, 3.05) is 20.3 Å². The Labute approximate surface area is 87.2 Å². The lowest BCUT2D eigenvalue weighted by Gasteiger charge is -2.14. The Morgan fingerprint density at radius 2 is 2.21 bits per heavy atom. The molecule has 3 nitrogen and oxygen atoms in total. The SMILES string of the molecule is C=CCCC(C)NCCC(O)COC. The third-order valence-corrected chi connectivity index (χ3v) is 2.13. The molecule has 0 aromatic carbocycles. The van der Waals surface area contributed by atoms with Gasteiger partial charge in [0.25, 0.3) is 0 Å². The summed E-state index contributed by atoms with van der Waals surface area (Å²) in [6, 6.07) is 0.489. The first-order valence-electron chi connectivity index (χ1n) is 5.22. The minimum absolute atomic E-state index is 0.348. The van der Waals surface area contributed by atoms with Crippen molar-refractivity contribution in [3.05, 3.63) is 12.7 Å². The predicted molar refractivity (Wildman–Crippen MR) is 59.4 cm³/mol. The Kier molecular flexibility index (Phi) is 8.94. The highest BCUT2D eigenvalue weighted by atomic mass is 16.5. The number of aliphatic hydroxyl groups is 1. The number of aliphatic hydroxyl groups excluding tert-OH is 1. The van der Waals surface area contributed by atoms with E-state index < -0.39 is 0 Å². The van der Waals surface area contributed by atoms with Gasteiger partial charge in [-0.15, -0.1) is 6.58 Å².